The zero-order valence-corrected chi connectivity index (χ0v) is 19.9. The Hall–Kier alpha value is -3.61. The molecule has 4 rings (SSSR count). The summed E-state index contributed by atoms with van der Waals surface area (Å²) in [5.74, 6) is 2.17. The minimum atomic E-state index is -0.212. The summed E-state index contributed by atoms with van der Waals surface area (Å²) in [6.45, 7) is 6.79. The van der Waals surface area contributed by atoms with E-state index in [2.05, 4.69) is 15.8 Å². The van der Waals surface area contributed by atoms with Crippen LogP contribution in [0.5, 0.6) is 5.75 Å². The van der Waals surface area contributed by atoms with Crippen LogP contribution in [-0.4, -0.2) is 23.6 Å². The Labute approximate surface area is 199 Å². The predicted molar refractivity (Wildman–Crippen MR) is 131 cm³/mol. The number of anilines is 2. The molecule has 1 saturated carbocycles. The first-order chi connectivity index (χ1) is 16.3. The molecule has 0 atom stereocenters. The van der Waals surface area contributed by atoms with Gasteiger partial charge in [-0.1, -0.05) is 44.5 Å². The minimum absolute atomic E-state index is 0.169. The lowest BCUT2D eigenvalue weighted by atomic mass is 9.86. The molecule has 0 unspecified atom stereocenters. The highest BCUT2D eigenvalue weighted by Gasteiger charge is 2.20. The lowest BCUT2D eigenvalue weighted by Gasteiger charge is -2.25. The number of benzene rings is 2. The van der Waals surface area contributed by atoms with Gasteiger partial charge in [-0.05, 0) is 60.7 Å². The van der Waals surface area contributed by atoms with Crippen molar-refractivity contribution in [2.75, 3.05) is 17.2 Å². The summed E-state index contributed by atoms with van der Waals surface area (Å²) in [7, 11) is 0. The van der Waals surface area contributed by atoms with Crippen molar-refractivity contribution in [2.45, 2.75) is 51.9 Å². The first-order valence-electron chi connectivity index (χ1n) is 11.7. The Morgan fingerprint density at radius 2 is 1.74 bits per heavy atom. The SMILES string of the molecule is CC(C)(C)c1cc(NC(=O)Cc2ccc(C(=O)Nc3ccc(OCC4CCC4)cc3)cc2)no1. The fourth-order valence-electron chi connectivity index (χ4n) is 3.55. The number of hydrogen-bond acceptors (Lipinski definition) is 5. The number of nitrogens with one attached hydrogen (secondary N) is 2. The van der Waals surface area contributed by atoms with Crippen molar-refractivity contribution in [3.8, 4) is 5.75 Å². The van der Waals surface area contributed by atoms with Crippen LogP contribution in [0.2, 0.25) is 0 Å². The van der Waals surface area contributed by atoms with Crippen molar-refractivity contribution in [3.05, 3.63) is 71.5 Å². The third-order valence-electron chi connectivity index (χ3n) is 5.92. The number of amides is 2. The van der Waals surface area contributed by atoms with Crippen LogP contribution in [0.3, 0.4) is 0 Å². The molecule has 34 heavy (non-hydrogen) atoms. The van der Waals surface area contributed by atoms with Crippen molar-refractivity contribution in [2.24, 2.45) is 5.92 Å². The third-order valence-corrected chi connectivity index (χ3v) is 5.92. The molecule has 1 aromatic heterocycles. The van der Waals surface area contributed by atoms with Crippen molar-refractivity contribution in [1.29, 1.82) is 0 Å². The van der Waals surface area contributed by atoms with Gasteiger partial charge in [0.2, 0.25) is 5.91 Å². The number of carbonyl (C=O) groups is 2. The number of aromatic nitrogens is 1. The number of rotatable bonds is 8. The van der Waals surface area contributed by atoms with E-state index >= 15 is 0 Å². The molecule has 2 aromatic carbocycles. The first kappa shape index (κ1) is 23.5. The summed E-state index contributed by atoms with van der Waals surface area (Å²) in [5.41, 5.74) is 1.83. The van der Waals surface area contributed by atoms with Gasteiger partial charge in [0.1, 0.15) is 11.5 Å². The monoisotopic (exact) mass is 461 g/mol. The number of ether oxygens (including phenoxy) is 1. The van der Waals surface area contributed by atoms with Gasteiger partial charge in [-0.3, -0.25) is 9.59 Å². The van der Waals surface area contributed by atoms with Gasteiger partial charge >= 0.3 is 0 Å². The molecule has 7 nitrogen and oxygen atoms in total. The second kappa shape index (κ2) is 10.1. The van der Waals surface area contributed by atoms with Crippen LogP contribution in [0.25, 0.3) is 0 Å². The van der Waals surface area contributed by atoms with E-state index in [4.69, 9.17) is 9.26 Å². The molecule has 2 N–H and O–H groups in total. The maximum atomic E-state index is 12.6. The van der Waals surface area contributed by atoms with E-state index in [0.29, 0.717) is 28.7 Å². The molecule has 0 saturated heterocycles. The number of carbonyl (C=O) groups excluding carboxylic acids is 2. The Kier molecular flexibility index (Phi) is 7.01. The van der Waals surface area contributed by atoms with Crippen LogP contribution >= 0.6 is 0 Å². The van der Waals surface area contributed by atoms with Crippen LogP contribution in [0.15, 0.2) is 59.1 Å². The lowest BCUT2D eigenvalue weighted by molar-refractivity contribution is -0.115. The topological polar surface area (TPSA) is 93.5 Å². The Balaban J connectivity index is 1.26. The van der Waals surface area contributed by atoms with Crippen molar-refractivity contribution in [3.63, 3.8) is 0 Å². The lowest BCUT2D eigenvalue weighted by Crippen LogP contribution is -2.19. The predicted octanol–water partition coefficient (Wildman–Crippen LogP) is 5.58. The van der Waals surface area contributed by atoms with Gasteiger partial charge in [-0.25, -0.2) is 0 Å². The molecular formula is C27H31N3O4. The summed E-state index contributed by atoms with van der Waals surface area (Å²) in [6.07, 6.45) is 3.96. The molecule has 0 aliphatic heterocycles. The largest absolute Gasteiger partial charge is 0.493 e. The fraction of sp³-hybridized carbons (Fsp3) is 0.370. The normalized spacial score (nSPS) is 13.7. The van der Waals surface area contributed by atoms with E-state index in [1.54, 1.807) is 30.3 Å². The standard InChI is InChI=1S/C27H31N3O4/c1-27(2,3)23-16-24(30-34-23)29-25(31)15-18-7-9-20(10-8-18)26(32)28-21-11-13-22(14-12-21)33-17-19-5-4-6-19/h7-14,16,19H,4-6,15,17H2,1-3H3,(H,28,32)(H,29,30,31). The molecule has 7 heteroatoms. The van der Waals surface area contributed by atoms with Crippen molar-refractivity contribution >= 4 is 23.3 Å². The van der Waals surface area contributed by atoms with Crippen LogP contribution in [-0.2, 0) is 16.6 Å². The summed E-state index contributed by atoms with van der Waals surface area (Å²) in [6, 6.07) is 16.1. The molecule has 178 valence electrons. The second-order valence-electron chi connectivity index (χ2n) is 9.83. The van der Waals surface area contributed by atoms with E-state index < -0.39 is 0 Å². The molecule has 0 bridgehead atoms. The average molecular weight is 462 g/mol. The van der Waals surface area contributed by atoms with E-state index in [1.165, 1.54) is 19.3 Å². The summed E-state index contributed by atoms with van der Waals surface area (Å²) in [5, 5.41) is 9.54. The number of hydrogen-bond donors (Lipinski definition) is 2. The van der Waals surface area contributed by atoms with Gasteiger partial charge in [0.15, 0.2) is 5.82 Å². The summed E-state index contributed by atoms with van der Waals surface area (Å²) >= 11 is 0. The Morgan fingerprint density at radius 1 is 1.03 bits per heavy atom. The highest BCUT2D eigenvalue weighted by molar-refractivity contribution is 6.04. The molecule has 3 aromatic rings. The minimum Gasteiger partial charge on any atom is -0.493 e. The fourth-order valence-corrected chi connectivity index (χ4v) is 3.55. The highest BCUT2D eigenvalue weighted by Crippen LogP contribution is 2.27. The van der Waals surface area contributed by atoms with E-state index in [1.807, 2.05) is 45.0 Å². The molecule has 1 fully saturated rings. The van der Waals surface area contributed by atoms with Crippen LogP contribution in [0, 0.1) is 5.92 Å². The van der Waals surface area contributed by atoms with Crippen molar-refractivity contribution in [1.82, 2.24) is 5.16 Å². The van der Waals surface area contributed by atoms with Gasteiger partial charge < -0.3 is 19.9 Å². The second-order valence-corrected chi connectivity index (χ2v) is 9.83. The number of nitrogens with zero attached hydrogens (tertiary/aromatic N) is 1. The Bertz CT molecular complexity index is 1120. The van der Waals surface area contributed by atoms with E-state index in [0.717, 1.165) is 17.9 Å². The molecule has 0 spiro atoms. The molecule has 1 heterocycles. The quantitative estimate of drug-likeness (QED) is 0.456. The maximum Gasteiger partial charge on any atom is 0.255 e. The zero-order valence-electron chi connectivity index (χ0n) is 19.9. The summed E-state index contributed by atoms with van der Waals surface area (Å²) in [4.78, 5) is 24.9. The van der Waals surface area contributed by atoms with Crippen molar-refractivity contribution < 1.29 is 18.8 Å². The zero-order chi connectivity index (χ0) is 24.1. The van der Waals surface area contributed by atoms with Crippen LogP contribution in [0.4, 0.5) is 11.5 Å². The van der Waals surface area contributed by atoms with Crippen LogP contribution < -0.4 is 15.4 Å². The van der Waals surface area contributed by atoms with E-state index in [-0.39, 0.29) is 23.7 Å². The smallest absolute Gasteiger partial charge is 0.255 e. The van der Waals surface area contributed by atoms with Crippen LogP contribution in [0.1, 0.15) is 61.7 Å². The molecule has 1 aliphatic rings. The average Bonchev–Trinajstić information content (AvgIpc) is 3.23. The highest BCUT2D eigenvalue weighted by atomic mass is 16.5. The third kappa shape index (κ3) is 6.25. The molecule has 2 amide bonds. The molecular weight excluding hydrogens is 430 g/mol. The first-order valence-corrected chi connectivity index (χ1v) is 11.7. The Morgan fingerprint density at radius 3 is 2.32 bits per heavy atom. The van der Waals surface area contributed by atoms with Gasteiger partial charge in [0, 0.05) is 22.7 Å². The van der Waals surface area contributed by atoms with Gasteiger partial charge in [0.05, 0.1) is 13.0 Å². The molecule has 1 aliphatic carbocycles. The maximum absolute atomic E-state index is 12.6. The van der Waals surface area contributed by atoms with Gasteiger partial charge in [-0.15, -0.1) is 0 Å². The van der Waals surface area contributed by atoms with E-state index in [9.17, 15) is 9.59 Å². The molecule has 0 radical (unpaired) electrons. The van der Waals surface area contributed by atoms with Gasteiger partial charge in [-0.2, -0.15) is 0 Å². The van der Waals surface area contributed by atoms with Gasteiger partial charge in [0.25, 0.3) is 5.91 Å². The summed E-state index contributed by atoms with van der Waals surface area (Å²) < 4.78 is 11.1.